The highest BCUT2D eigenvalue weighted by atomic mass is 16.3. The predicted octanol–water partition coefficient (Wildman–Crippen LogP) is 2.32. The third kappa shape index (κ3) is 0.514. The molecule has 0 amide bonds. The van der Waals surface area contributed by atoms with Crippen molar-refractivity contribution in [2.24, 2.45) is 58.2 Å². The van der Waals surface area contributed by atoms with Gasteiger partial charge in [0, 0.05) is 5.41 Å². The van der Waals surface area contributed by atoms with Gasteiger partial charge in [0.2, 0.25) is 0 Å². The molecule has 0 aromatic rings. The van der Waals surface area contributed by atoms with Crippen molar-refractivity contribution in [1.82, 2.24) is 0 Å². The van der Waals surface area contributed by atoms with E-state index < -0.39 is 0 Å². The molecule has 6 saturated carbocycles. The van der Waals surface area contributed by atoms with Crippen LogP contribution in [0, 0.1) is 58.2 Å². The van der Waals surface area contributed by atoms with Crippen LogP contribution in [0.15, 0.2) is 12.2 Å². The smallest absolute Gasteiger partial charge is 0.0726 e. The van der Waals surface area contributed by atoms with Gasteiger partial charge in [-0.3, -0.25) is 0 Å². The summed E-state index contributed by atoms with van der Waals surface area (Å²) in [6.45, 7) is 5.03. The summed E-state index contributed by atoms with van der Waals surface area (Å²) in [5, 5.41) is 10.1. The molecule has 6 fully saturated rings. The van der Waals surface area contributed by atoms with E-state index in [-0.39, 0.29) is 6.10 Å². The van der Waals surface area contributed by atoms with Gasteiger partial charge in [-0.05, 0) is 59.2 Å². The minimum atomic E-state index is -0.133. The standard InChI is InChI=1S/C16H20O/c1-6-7(2)13-10-9-11(10)14-15(12(6)9)4-3-8(17)5-16(13,14)15/h3-4,6-14,17H,5H2,1-2H3/t6-,7-,8-,9+,10+,11+,12+,13-,14+,15-,16+/m0/s1. The van der Waals surface area contributed by atoms with Crippen molar-refractivity contribution in [3.05, 3.63) is 12.2 Å². The number of hydrogen-bond donors (Lipinski definition) is 1. The fourth-order valence-corrected chi connectivity index (χ4v) is 8.52. The second-order valence-corrected chi connectivity index (χ2v) is 8.08. The fourth-order valence-electron chi connectivity index (χ4n) is 8.52. The summed E-state index contributed by atoms with van der Waals surface area (Å²) in [4.78, 5) is 0. The van der Waals surface area contributed by atoms with E-state index in [9.17, 15) is 5.11 Å². The van der Waals surface area contributed by atoms with Crippen LogP contribution in [0.2, 0.25) is 0 Å². The molecule has 90 valence electrons. The molecule has 11 atom stereocenters. The zero-order valence-electron chi connectivity index (χ0n) is 10.5. The van der Waals surface area contributed by atoms with Gasteiger partial charge in [-0.1, -0.05) is 26.0 Å². The number of aliphatic hydroxyl groups excluding tert-OH is 1. The van der Waals surface area contributed by atoms with Crippen molar-refractivity contribution in [3.8, 4) is 0 Å². The van der Waals surface area contributed by atoms with Crippen LogP contribution < -0.4 is 0 Å². The Balaban J connectivity index is 1.66. The van der Waals surface area contributed by atoms with Crippen LogP contribution in [0.1, 0.15) is 20.3 Å². The summed E-state index contributed by atoms with van der Waals surface area (Å²) in [6.07, 6.45) is 5.60. The maximum Gasteiger partial charge on any atom is 0.0726 e. The number of hydrogen-bond acceptors (Lipinski definition) is 1. The monoisotopic (exact) mass is 228 g/mol. The first-order valence-corrected chi connectivity index (χ1v) is 7.53. The van der Waals surface area contributed by atoms with E-state index in [0.717, 1.165) is 53.8 Å². The molecule has 0 aliphatic heterocycles. The average Bonchev–Trinajstić information content (AvgIpc) is 3.07. The van der Waals surface area contributed by atoms with E-state index >= 15 is 0 Å². The molecular weight excluding hydrogens is 208 g/mol. The minimum Gasteiger partial charge on any atom is -0.389 e. The quantitative estimate of drug-likeness (QED) is 0.631. The summed E-state index contributed by atoms with van der Waals surface area (Å²) in [5.74, 6) is 8.12. The zero-order valence-corrected chi connectivity index (χ0v) is 10.5. The van der Waals surface area contributed by atoms with Crippen molar-refractivity contribution >= 4 is 0 Å². The molecule has 0 saturated heterocycles. The van der Waals surface area contributed by atoms with Crippen LogP contribution >= 0.6 is 0 Å². The maximum absolute atomic E-state index is 10.1. The highest BCUT2D eigenvalue weighted by Gasteiger charge is 3.01. The van der Waals surface area contributed by atoms with Gasteiger partial charge in [0.1, 0.15) is 0 Å². The average molecular weight is 228 g/mol. The van der Waals surface area contributed by atoms with Gasteiger partial charge in [0.25, 0.3) is 0 Å². The lowest BCUT2D eigenvalue weighted by atomic mass is 9.49. The minimum absolute atomic E-state index is 0.133. The molecule has 7 aliphatic rings. The van der Waals surface area contributed by atoms with Gasteiger partial charge in [-0.25, -0.2) is 0 Å². The van der Waals surface area contributed by atoms with Gasteiger partial charge in [-0.2, -0.15) is 0 Å². The Kier molecular flexibility index (Phi) is 1.00. The Morgan fingerprint density at radius 2 is 1.76 bits per heavy atom. The number of rotatable bonds is 0. The first-order valence-electron chi connectivity index (χ1n) is 7.53. The van der Waals surface area contributed by atoms with Crippen LogP contribution in [0.5, 0.6) is 0 Å². The van der Waals surface area contributed by atoms with Crippen molar-refractivity contribution < 1.29 is 5.11 Å². The van der Waals surface area contributed by atoms with Crippen LogP contribution in [-0.2, 0) is 0 Å². The van der Waals surface area contributed by atoms with Crippen molar-refractivity contribution in [3.63, 3.8) is 0 Å². The molecule has 0 heterocycles. The Hall–Kier alpha value is -0.300. The lowest BCUT2D eigenvalue weighted by Gasteiger charge is -2.55. The van der Waals surface area contributed by atoms with Crippen molar-refractivity contribution in [2.75, 3.05) is 0 Å². The van der Waals surface area contributed by atoms with Crippen molar-refractivity contribution in [2.45, 2.75) is 26.4 Å². The predicted molar refractivity (Wildman–Crippen MR) is 63.9 cm³/mol. The summed E-state index contributed by atoms with van der Waals surface area (Å²) in [6, 6.07) is 0. The molecule has 2 bridgehead atoms. The third-order valence-electron chi connectivity index (χ3n) is 8.45. The molecule has 1 nitrogen and oxygen atoms in total. The van der Waals surface area contributed by atoms with Gasteiger partial charge < -0.3 is 5.11 Å². The summed E-state index contributed by atoms with van der Waals surface area (Å²) in [5.41, 5.74) is 1.18. The number of fused-ring (bicyclic) bond motifs is 1. The Labute approximate surface area is 102 Å². The topological polar surface area (TPSA) is 20.2 Å². The molecule has 1 heteroatoms. The molecule has 0 unspecified atom stereocenters. The molecule has 2 spiro atoms. The van der Waals surface area contributed by atoms with Gasteiger partial charge in [-0.15, -0.1) is 0 Å². The molecule has 0 radical (unpaired) electrons. The third-order valence-corrected chi connectivity index (χ3v) is 8.45. The van der Waals surface area contributed by atoms with E-state index in [4.69, 9.17) is 0 Å². The first kappa shape index (κ1) is 8.74. The summed E-state index contributed by atoms with van der Waals surface area (Å²) >= 11 is 0. The molecule has 0 aromatic carbocycles. The highest BCUT2D eigenvalue weighted by molar-refractivity contribution is 5.52. The lowest BCUT2D eigenvalue weighted by molar-refractivity contribution is -0.0704. The molecular formula is C16H20O. The zero-order chi connectivity index (χ0) is 11.3. The Morgan fingerprint density at radius 3 is 2.59 bits per heavy atom. The van der Waals surface area contributed by atoms with E-state index in [2.05, 4.69) is 26.0 Å². The van der Waals surface area contributed by atoms with Crippen LogP contribution in [0.25, 0.3) is 0 Å². The van der Waals surface area contributed by atoms with E-state index in [0.29, 0.717) is 10.8 Å². The van der Waals surface area contributed by atoms with Crippen LogP contribution in [0.4, 0.5) is 0 Å². The van der Waals surface area contributed by atoms with Crippen LogP contribution in [-0.4, -0.2) is 11.2 Å². The first-order chi connectivity index (χ1) is 8.16. The molecule has 7 rings (SSSR count). The molecule has 17 heavy (non-hydrogen) atoms. The van der Waals surface area contributed by atoms with Gasteiger partial charge in [0.15, 0.2) is 0 Å². The fraction of sp³-hybridized carbons (Fsp3) is 0.875. The molecule has 7 aliphatic carbocycles. The SMILES string of the molecule is C[C@H]1[C@H](C)[C@H]2[C@@H]3[C@@H]4[C@H]3[C@@H]3[C@]5(C=C[C@H](O)C[C@@]235)[C@H]14. The maximum atomic E-state index is 10.1. The normalized spacial score (nSPS) is 83.6. The summed E-state index contributed by atoms with van der Waals surface area (Å²) < 4.78 is 0. The highest BCUT2D eigenvalue weighted by Crippen LogP contribution is 3.04. The van der Waals surface area contributed by atoms with E-state index in [1.807, 2.05) is 0 Å². The lowest BCUT2D eigenvalue weighted by Crippen LogP contribution is -2.52. The number of aliphatic hydroxyl groups is 1. The largest absolute Gasteiger partial charge is 0.389 e. The summed E-state index contributed by atoms with van der Waals surface area (Å²) in [7, 11) is 0. The van der Waals surface area contributed by atoms with E-state index in [1.54, 1.807) is 0 Å². The molecule has 0 aromatic heterocycles. The second-order valence-electron chi connectivity index (χ2n) is 8.08. The van der Waals surface area contributed by atoms with Crippen molar-refractivity contribution in [1.29, 1.82) is 0 Å². The van der Waals surface area contributed by atoms with Crippen LogP contribution in [0.3, 0.4) is 0 Å². The van der Waals surface area contributed by atoms with E-state index in [1.165, 1.54) is 0 Å². The molecule has 1 N–H and O–H groups in total. The number of allylic oxidation sites excluding steroid dienone is 1. The Morgan fingerprint density at radius 1 is 1.06 bits per heavy atom. The Bertz CT molecular complexity index is 496. The second kappa shape index (κ2) is 1.95. The van der Waals surface area contributed by atoms with Gasteiger partial charge in [0.05, 0.1) is 6.10 Å². The van der Waals surface area contributed by atoms with Gasteiger partial charge >= 0.3 is 0 Å².